The first-order chi connectivity index (χ1) is 8.88. The van der Waals surface area contributed by atoms with Gasteiger partial charge in [-0.15, -0.1) is 11.8 Å². The largest absolute Gasteiger partial charge is 0.493 e. The van der Waals surface area contributed by atoms with E-state index in [0.717, 1.165) is 17.1 Å². The van der Waals surface area contributed by atoms with Crippen molar-refractivity contribution in [3.63, 3.8) is 0 Å². The number of pyridine rings is 1. The smallest absolute Gasteiger partial charge is 0.119 e. The average molecular weight is 260 g/mol. The van der Waals surface area contributed by atoms with Crippen molar-refractivity contribution < 1.29 is 4.74 Å². The van der Waals surface area contributed by atoms with Gasteiger partial charge in [0, 0.05) is 29.6 Å². The third-order valence-electron chi connectivity index (χ3n) is 2.43. The molecule has 3 nitrogen and oxygen atoms in total. The standard InChI is InChI=1S/C14H16N2OS/c15-11-12-1-3-13(4-2-12)17-9-10-18-14-5-7-16-8-6-14/h1-8H,9-11,15H2. The summed E-state index contributed by atoms with van der Waals surface area (Å²) in [5, 5.41) is 0. The van der Waals surface area contributed by atoms with Crippen molar-refractivity contribution >= 4 is 11.8 Å². The molecule has 0 aliphatic rings. The van der Waals surface area contributed by atoms with Gasteiger partial charge in [0.1, 0.15) is 5.75 Å². The molecule has 1 aromatic heterocycles. The second-order valence-corrected chi connectivity index (χ2v) is 4.90. The van der Waals surface area contributed by atoms with Crippen molar-refractivity contribution in [2.24, 2.45) is 5.73 Å². The van der Waals surface area contributed by atoms with Crippen LogP contribution < -0.4 is 10.5 Å². The maximum Gasteiger partial charge on any atom is 0.119 e. The molecule has 2 N–H and O–H groups in total. The summed E-state index contributed by atoms with van der Waals surface area (Å²) >= 11 is 1.76. The van der Waals surface area contributed by atoms with E-state index in [9.17, 15) is 0 Å². The zero-order chi connectivity index (χ0) is 12.6. The fourth-order valence-electron chi connectivity index (χ4n) is 1.48. The molecule has 94 valence electrons. The molecular formula is C14H16N2OS. The van der Waals surface area contributed by atoms with E-state index in [-0.39, 0.29) is 0 Å². The van der Waals surface area contributed by atoms with E-state index < -0.39 is 0 Å². The molecule has 0 aliphatic carbocycles. The Labute approximate surface area is 111 Å². The van der Waals surface area contributed by atoms with Gasteiger partial charge in [-0.25, -0.2) is 0 Å². The van der Waals surface area contributed by atoms with E-state index in [4.69, 9.17) is 10.5 Å². The lowest BCUT2D eigenvalue weighted by Gasteiger charge is -2.06. The van der Waals surface area contributed by atoms with Gasteiger partial charge in [0.05, 0.1) is 6.61 Å². The highest BCUT2D eigenvalue weighted by Gasteiger charge is 1.96. The van der Waals surface area contributed by atoms with E-state index in [0.29, 0.717) is 13.2 Å². The zero-order valence-corrected chi connectivity index (χ0v) is 10.9. The number of hydrogen-bond donors (Lipinski definition) is 1. The van der Waals surface area contributed by atoms with Crippen LogP contribution in [-0.4, -0.2) is 17.3 Å². The highest BCUT2D eigenvalue weighted by Crippen LogP contribution is 2.17. The maximum absolute atomic E-state index is 5.65. The van der Waals surface area contributed by atoms with Crippen molar-refractivity contribution in [2.45, 2.75) is 11.4 Å². The molecule has 0 fully saturated rings. The van der Waals surface area contributed by atoms with Gasteiger partial charge in [-0.3, -0.25) is 4.98 Å². The quantitative estimate of drug-likeness (QED) is 0.641. The first-order valence-corrected chi connectivity index (χ1v) is 6.81. The highest BCUT2D eigenvalue weighted by atomic mass is 32.2. The second-order valence-electron chi connectivity index (χ2n) is 3.73. The van der Waals surface area contributed by atoms with Crippen LogP contribution >= 0.6 is 11.8 Å². The predicted molar refractivity (Wildman–Crippen MR) is 74.8 cm³/mol. The fourth-order valence-corrected chi connectivity index (χ4v) is 2.19. The van der Waals surface area contributed by atoms with Gasteiger partial charge >= 0.3 is 0 Å². The van der Waals surface area contributed by atoms with Gasteiger partial charge in [-0.2, -0.15) is 0 Å². The number of aromatic nitrogens is 1. The van der Waals surface area contributed by atoms with Crippen molar-refractivity contribution in [3.8, 4) is 5.75 Å². The topological polar surface area (TPSA) is 48.1 Å². The Balaban J connectivity index is 1.72. The van der Waals surface area contributed by atoms with Crippen LogP contribution in [0.15, 0.2) is 53.7 Å². The average Bonchev–Trinajstić information content (AvgIpc) is 2.45. The van der Waals surface area contributed by atoms with Crippen molar-refractivity contribution in [1.29, 1.82) is 0 Å². The molecule has 0 spiro atoms. The Kier molecular flexibility index (Phi) is 5.05. The third-order valence-corrected chi connectivity index (χ3v) is 3.41. The van der Waals surface area contributed by atoms with Crippen LogP contribution in [0.25, 0.3) is 0 Å². The fraction of sp³-hybridized carbons (Fsp3) is 0.214. The molecule has 4 heteroatoms. The van der Waals surface area contributed by atoms with Gasteiger partial charge in [-0.1, -0.05) is 12.1 Å². The van der Waals surface area contributed by atoms with Crippen molar-refractivity contribution in [3.05, 3.63) is 54.4 Å². The highest BCUT2D eigenvalue weighted by molar-refractivity contribution is 7.99. The summed E-state index contributed by atoms with van der Waals surface area (Å²) in [7, 11) is 0. The van der Waals surface area contributed by atoms with Gasteiger partial charge < -0.3 is 10.5 Å². The number of benzene rings is 1. The molecule has 0 amide bonds. The lowest BCUT2D eigenvalue weighted by atomic mass is 10.2. The molecule has 0 unspecified atom stereocenters. The second kappa shape index (κ2) is 7.03. The molecular weight excluding hydrogens is 244 g/mol. The molecule has 0 saturated carbocycles. The minimum atomic E-state index is 0.568. The lowest BCUT2D eigenvalue weighted by molar-refractivity contribution is 0.344. The summed E-state index contributed by atoms with van der Waals surface area (Å²) in [5.74, 6) is 1.81. The number of hydrogen-bond acceptors (Lipinski definition) is 4. The van der Waals surface area contributed by atoms with Crippen LogP contribution in [0.4, 0.5) is 0 Å². The lowest BCUT2D eigenvalue weighted by Crippen LogP contribution is -2.01. The molecule has 0 bridgehead atoms. The normalized spacial score (nSPS) is 10.3. The van der Waals surface area contributed by atoms with Gasteiger partial charge in [0.2, 0.25) is 0 Å². The molecule has 1 heterocycles. The van der Waals surface area contributed by atoms with Crippen molar-refractivity contribution in [1.82, 2.24) is 4.98 Å². The Hall–Kier alpha value is -1.52. The predicted octanol–water partition coefficient (Wildman–Crippen LogP) is 2.71. The monoisotopic (exact) mass is 260 g/mol. The molecule has 0 atom stereocenters. The summed E-state index contributed by atoms with van der Waals surface area (Å²) in [6.45, 7) is 1.26. The zero-order valence-electron chi connectivity index (χ0n) is 10.1. The van der Waals surface area contributed by atoms with E-state index in [1.54, 1.807) is 24.2 Å². The van der Waals surface area contributed by atoms with Gasteiger partial charge in [-0.05, 0) is 29.8 Å². The van der Waals surface area contributed by atoms with Crippen molar-refractivity contribution in [2.75, 3.05) is 12.4 Å². The molecule has 18 heavy (non-hydrogen) atoms. The first kappa shape index (κ1) is 12.9. The number of nitrogens with zero attached hydrogens (tertiary/aromatic N) is 1. The SMILES string of the molecule is NCc1ccc(OCCSc2ccncc2)cc1. The molecule has 1 aromatic carbocycles. The molecule has 0 radical (unpaired) electrons. The maximum atomic E-state index is 5.65. The molecule has 2 aromatic rings. The van der Waals surface area contributed by atoms with Crippen LogP contribution in [0, 0.1) is 0 Å². The van der Waals surface area contributed by atoms with Crippen LogP contribution in [-0.2, 0) is 6.54 Å². The summed E-state index contributed by atoms with van der Waals surface area (Å²) in [4.78, 5) is 5.20. The van der Waals surface area contributed by atoms with Crippen LogP contribution in [0.1, 0.15) is 5.56 Å². The first-order valence-electron chi connectivity index (χ1n) is 5.83. The Morgan fingerprint density at radius 3 is 2.44 bits per heavy atom. The molecule has 0 saturated heterocycles. The minimum absolute atomic E-state index is 0.568. The van der Waals surface area contributed by atoms with Crippen LogP contribution in [0.2, 0.25) is 0 Å². The van der Waals surface area contributed by atoms with E-state index >= 15 is 0 Å². The number of nitrogens with two attached hydrogens (primary N) is 1. The van der Waals surface area contributed by atoms with E-state index in [1.807, 2.05) is 36.4 Å². The number of ether oxygens (including phenoxy) is 1. The van der Waals surface area contributed by atoms with Crippen LogP contribution in [0.5, 0.6) is 5.75 Å². The third kappa shape index (κ3) is 4.05. The molecule has 2 rings (SSSR count). The van der Waals surface area contributed by atoms with Gasteiger partial charge in [0.25, 0.3) is 0 Å². The van der Waals surface area contributed by atoms with Crippen LogP contribution in [0.3, 0.4) is 0 Å². The number of rotatable bonds is 6. The number of thioether (sulfide) groups is 1. The van der Waals surface area contributed by atoms with E-state index in [1.165, 1.54) is 4.90 Å². The summed E-state index contributed by atoms with van der Waals surface area (Å²) in [6.07, 6.45) is 3.60. The summed E-state index contributed by atoms with van der Waals surface area (Å²) in [6, 6.07) is 11.9. The van der Waals surface area contributed by atoms with Gasteiger partial charge in [0.15, 0.2) is 0 Å². The summed E-state index contributed by atoms with van der Waals surface area (Å²) < 4.78 is 5.65. The molecule has 0 aliphatic heterocycles. The Morgan fingerprint density at radius 1 is 1.06 bits per heavy atom. The van der Waals surface area contributed by atoms with E-state index in [2.05, 4.69) is 4.98 Å². The Morgan fingerprint density at radius 2 is 1.78 bits per heavy atom. The summed E-state index contributed by atoms with van der Waals surface area (Å²) in [5.41, 5.74) is 6.66. The minimum Gasteiger partial charge on any atom is -0.493 e. The Bertz CT molecular complexity index is 459.